The molecule has 3 aliphatic rings. The van der Waals surface area contributed by atoms with E-state index in [-0.39, 0.29) is 12.0 Å². The number of benzene rings is 1. The average molecular weight is 376 g/mol. The summed E-state index contributed by atoms with van der Waals surface area (Å²) in [6.07, 6.45) is 8.93. The van der Waals surface area contributed by atoms with E-state index in [0.29, 0.717) is 11.5 Å². The van der Waals surface area contributed by atoms with Crippen LogP contribution in [0.1, 0.15) is 36.9 Å². The van der Waals surface area contributed by atoms with Crippen LogP contribution < -0.4 is 14.4 Å². The molecule has 144 valence electrons. The van der Waals surface area contributed by atoms with E-state index in [1.54, 1.807) is 25.3 Å². The van der Waals surface area contributed by atoms with E-state index in [1.807, 2.05) is 36.4 Å². The van der Waals surface area contributed by atoms with Gasteiger partial charge in [-0.05, 0) is 73.4 Å². The monoisotopic (exact) mass is 376 g/mol. The van der Waals surface area contributed by atoms with E-state index in [1.165, 1.54) is 19.3 Å². The molecular formula is C23H24N2O3. The molecule has 5 nitrogen and oxygen atoms in total. The maximum absolute atomic E-state index is 12.7. The van der Waals surface area contributed by atoms with Gasteiger partial charge in [0.1, 0.15) is 6.10 Å². The molecule has 0 N–H and O–H groups in total. The number of anilines is 1. The van der Waals surface area contributed by atoms with Crippen molar-refractivity contribution in [1.29, 1.82) is 0 Å². The summed E-state index contributed by atoms with van der Waals surface area (Å²) in [5, 5.41) is 0. The molecule has 2 saturated carbocycles. The minimum atomic E-state index is -0.0416. The van der Waals surface area contributed by atoms with Gasteiger partial charge in [-0.15, -0.1) is 0 Å². The number of hydrogen-bond acceptors (Lipinski definition) is 4. The van der Waals surface area contributed by atoms with E-state index in [2.05, 4.69) is 4.98 Å². The van der Waals surface area contributed by atoms with Crippen LogP contribution in [0.4, 0.5) is 5.69 Å². The quantitative estimate of drug-likeness (QED) is 0.752. The molecule has 1 aromatic carbocycles. The lowest BCUT2D eigenvalue weighted by Gasteiger charge is -2.24. The predicted octanol–water partition coefficient (Wildman–Crippen LogP) is 4.17. The van der Waals surface area contributed by atoms with Gasteiger partial charge < -0.3 is 14.4 Å². The van der Waals surface area contributed by atoms with Crippen LogP contribution >= 0.6 is 0 Å². The first kappa shape index (κ1) is 17.3. The summed E-state index contributed by atoms with van der Waals surface area (Å²) in [6, 6.07) is 9.61. The van der Waals surface area contributed by atoms with Crippen LogP contribution in [0, 0.1) is 11.8 Å². The summed E-state index contributed by atoms with van der Waals surface area (Å²) < 4.78 is 11.9. The Morgan fingerprint density at radius 1 is 1.18 bits per heavy atom. The third-order valence-corrected chi connectivity index (χ3v) is 6.39. The molecule has 0 unspecified atom stereocenters. The average Bonchev–Trinajstić information content (AvgIpc) is 3.39. The lowest BCUT2D eigenvalue weighted by Crippen LogP contribution is -2.23. The first-order valence-electron chi connectivity index (χ1n) is 9.94. The van der Waals surface area contributed by atoms with Gasteiger partial charge in [-0.1, -0.05) is 6.07 Å². The normalized spacial score (nSPS) is 26.8. The van der Waals surface area contributed by atoms with E-state index in [0.717, 1.165) is 40.8 Å². The number of aromatic nitrogens is 1. The summed E-state index contributed by atoms with van der Waals surface area (Å²) >= 11 is 0. The second-order valence-electron chi connectivity index (χ2n) is 8.03. The minimum Gasteiger partial charge on any atom is -0.493 e. The largest absolute Gasteiger partial charge is 0.493 e. The molecule has 5 heteroatoms. The van der Waals surface area contributed by atoms with Gasteiger partial charge in [0, 0.05) is 13.2 Å². The SMILES string of the molecule is COc1ccc(/C=C2/C(=O)N(C)c3cccnc32)cc1O[C@H]1C[C@@H]2CC[C@H]1C2. The Morgan fingerprint density at radius 3 is 2.82 bits per heavy atom. The molecule has 0 spiro atoms. The molecule has 0 radical (unpaired) electrons. The second-order valence-corrected chi connectivity index (χ2v) is 8.03. The lowest BCUT2D eigenvalue weighted by atomic mass is 9.97. The molecule has 28 heavy (non-hydrogen) atoms. The van der Waals surface area contributed by atoms with Crippen molar-refractivity contribution < 1.29 is 14.3 Å². The molecule has 2 bridgehead atoms. The molecule has 1 aliphatic heterocycles. The standard InChI is InChI=1S/C23H24N2O3/c1-25-18-4-3-9-24-22(18)17(23(25)26)11-15-6-8-19(27-2)21(13-15)28-20-12-14-5-7-16(20)10-14/h3-4,6,8-9,11,13-14,16,20H,5,7,10,12H2,1-2H3/b17-11+/t14-,16+,20+/m1/s1. The zero-order valence-electron chi connectivity index (χ0n) is 16.2. The Labute approximate surface area is 165 Å². The number of ether oxygens (including phenoxy) is 2. The highest BCUT2D eigenvalue weighted by atomic mass is 16.5. The predicted molar refractivity (Wildman–Crippen MR) is 108 cm³/mol. The number of carbonyl (C=O) groups excluding carboxylic acids is 1. The van der Waals surface area contributed by atoms with Gasteiger partial charge >= 0.3 is 0 Å². The van der Waals surface area contributed by atoms with Gasteiger partial charge in [0.25, 0.3) is 5.91 Å². The van der Waals surface area contributed by atoms with Crippen molar-refractivity contribution in [3.63, 3.8) is 0 Å². The van der Waals surface area contributed by atoms with E-state index in [4.69, 9.17) is 9.47 Å². The molecule has 1 amide bonds. The van der Waals surface area contributed by atoms with Gasteiger partial charge in [0.15, 0.2) is 11.5 Å². The summed E-state index contributed by atoms with van der Waals surface area (Å²) in [5.41, 5.74) is 3.08. The number of hydrogen-bond donors (Lipinski definition) is 0. The topological polar surface area (TPSA) is 51.7 Å². The molecule has 2 heterocycles. The maximum Gasteiger partial charge on any atom is 0.260 e. The third kappa shape index (κ3) is 2.77. The summed E-state index contributed by atoms with van der Waals surface area (Å²) in [4.78, 5) is 18.8. The van der Waals surface area contributed by atoms with Gasteiger partial charge in [-0.2, -0.15) is 0 Å². The highest BCUT2D eigenvalue weighted by molar-refractivity contribution is 6.35. The highest BCUT2D eigenvalue weighted by Gasteiger charge is 2.41. The Hall–Kier alpha value is -2.82. The minimum absolute atomic E-state index is 0.0416. The Morgan fingerprint density at radius 2 is 2.07 bits per heavy atom. The first-order chi connectivity index (χ1) is 13.6. The van der Waals surface area contributed by atoms with Crippen LogP contribution in [0.2, 0.25) is 0 Å². The van der Waals surface area contributed by atoms with Crippen LogP contribution in [-0.4, -0.2) is 31.2 Å². The lowest BCUT2D eigenvalue weighted by molar-refractivity contribution is -0.112. The fraction of sp³-hybridized carbons (Fsp3) is 0.391. The maximum atomic E-state index is 12.7. The summed E-state index contributed by atoms with van der Waals surface area (Å²) in [6.45, 7) is 0. The molecule has 5 rings (SSSR count). The summed E-state index contributed by atoms with van der Waals surface area (Å²) in [7, 11) is 3.44. The number of pyridine rings is 1. The Bertz CT molecular complexity index is 968. The van der Waals surface area contributed by atoms with Crippen molar-refractivity contribution in [3.05, 3.63) is 47.8 Å². The fourth-order valence-electron chi connectivity index (χ4n) is 4.93. The molecule has 2 aliphatic carbocycles. The number of likely N-dealkylation sites (N-methyl/N-ethyl adjacent to an activating group) is 1. The van der Waals surface area contributed by atoms with Gasteiger partial charge in [0.2, 0.25) is 0 Å². The van der Waals surface area contributed by atoms with Crippen molar-refractivity contribution in [2.45, 2.75) is 31.8 Å². The number of methoxy groups -OCH3 is 1. The fourth-order valence-corrected chi connectivity index (χ4v) is 4.93. The molecule has 3 atom stereocenters. The van der Waals surface area contributed by atoms with Crippen molar-refractivity contribution in [2.75, 3.05) is 19.1 Å². The van der Waals surface area contributed by atoms with Crippen molar-refractivity contribution in [2.24, 2.45) is 11.8 Å². The molecule has 1 aromatic heterocycles. The summed E-state index contributed by atoms with van der Waals surface area (Å²) in [5.74, 6) is 2.94. The zero-order chi connectivity index (χ0) is 19.3. The van der Waals surface area contributed by atoms with Gasteiger partial charge in [-0.25, -0.2) is 0 Å². The van der Waals surface area contributed by atoms with Crippen LogP contribution in [0.25, 0.3) is 11.6 Å². The van der Waals surface area contributed by atoms with Crippen molar-refractivity contribution >= 4 is 23.2 Å². The first-order valence-corrected chi connectivity index (χ1v) is 9.94. The number of carbonyl (C=O) groups is 1. The Balaban J connectivity index is 1.48. The van der Waals surface area contributed by atoms with E-state index < -0.39 is 0 Å². The Kier molecular flexibility index (Phi) is 4.11. The van der Waals surface area contributed by atoms with Crippen LogP contribution in [0.5, 0.6) is 11.5 Å². The third-order valence-electron chi connectivity index (χ3n) is 6.39. The van der Waals surface area contributed by atoms with E-state index in [9.17, 15) is 4.79 Å². The van der Waals surface area contributed by atoms with Gasteiger partial charge in [-0.3, -0.25) is 9.78 Å². The van der Waals surface area contributed by atoms with E-state index >= 15 is 0 Å². The smallest absolute Gasteiger partial charge is 0.260 e. The number of amides is 1. The number of fused-ring (bicyclic) bond motifs is 3. The van der Waals surface area contributed by atoms with Crippen LogP contribution in [0.15, 0.2) is 36.5 Å². The molecular weight excluding hydrogens is 352 g/mol. The van der Waals surface area contributed by atoms with Crippen molar-refractivity contribution in [3.8, 4) is 11.5 Å². The molecule has 2 aromatic rings. The molecule has 0 saturated heterocycles. The number of nitrogens with zero attached hydrogens (tertiary/aromatic N) is 2. The second kappa shape index (κ2) is 6.66. The highest BCUT2D eigenvalue weighted by Crippen LogP contribution is 2.47. The number of rotatable bonds is 4. The van der Waals surface area contributed by atoms with Crippen LogP contribution in [0.3, 0.4) is 0 Å². The van der Waals surface area contributed by atoms with Gasteiger partial charge in [0.05, 0.1) is 24.1 Å². The van der Waals surface area contributed by atoms with Crippen molar-refractivity contribution in [1.82, 2.24) is 4.98 Å². The molecule has 2 fully saturated rings. The van der Waals surface area contributed by atoms with Crippen LogP contribution in [-0.2, 0) is 4.79 Å². The zero-order valence-corrected chi connectivity index (χ0v) is 16.2.